The molecule has 0 saturated heterocycles. The second-order valence-electron chi connectivity index (χ2n) is 4.14. The first-order valence-corrected chi connectivity index (χ1v) is 7.80. The summed E-state index contributed by atoms with van der Waals surface area (Å²) in [4.78, 5) is 21.6. The van der Waals surface area contributed by atoms with E-state index in [1.165, 1.54) is 11.3 Å². The molecule has 0 bridgehead atoms. The Labute approximate surface area is 137 Å². The summed E-state index contributed by atoms with van der Waals surface area (Å²) in [7, 11) is 0. The minimum atomic E-state index is -0.310. The molecule has 0 spiro atoms. The summed E-state index contributed by atoms with van der Waals surface area (Å²) in [5.74, 6) is -0.310. The van der Waals surface area contributed by atoms with E-state index < -0.39 is 0 Å². The third-order valence-electron chi connectivity index (χ3n) is 2.75. The fraction of sp³-hybridized carbons (Fsp3) is 0. The third-order valence-corrected chi connectivity index (χ3v) is 5.08. The zero-order valence-electron chi connectivity index (χ0n) is 10.4. The molecule has 1 amide bonds. The number of nitrogens with two attached hydrogens (primary N) is 1. The minimum absolute atomic E-state index is 0.310. The highest BCUT2D eigenvalue weighted by molar-refractivity contribution is 9.10. The van der Waals surface area contributed by atoms with Crippen LogP contribution in [0.4, 0.5) is 11.4 Å². The monoisotopic (exact) mass is 382 g/mol. The molecule has 0 atom stereocenters. The summed E-state index contributed by atoms with van der Waals surface area (Å²) in [6, 6.07) is 5.16. The van der Waals surface area contributed by atoms with E-state index in [0.29, 0.717) is 31.6 Å². The van der Waals surface area contributed by atoms with E-state index in [0.717, 1.165) is 4.47 Å². The van der Waals surface area contributed by atoms with Crippen molar-refractivity contribution in [2.45, 2.75) is 0 Å². The van der Waals surface area contributed by atoms with Crippen LogP contribution in [0.5, 0.6) is 0 Å². The van der Waals surface area contributed by atoms with Crippen LogP contribution in [-0.4, -0.2) is 15.9 Å². The third kappa shape index (κ3) is 2.72. The predicted octanol–water partition coefficient (Wildman–Crippen LogP) is 3.94. The number of carbonyl (C=O) groups is 1. The lowest BCUT2D eigenvalue weighted by Crippen LogP contribution is -2.11. The number of thiophene rings is 1. The number of anilines is 2. The molecule has 0 aliphatic carbocycles. The van der Waals surface area contributed by atoms with Gasteiger partial charge in [-0.15, -0.1) is 11.3 Å². The van der Waals surface area contributed by atoms with E-state index in [9.17, 15) is 4.79 Å². The lowest BCUT2D eigenvalue weighted by atomic mass is 10.3. The molecule has 1 aromatic carbocycles. The molecule has 0 aliphatic heterocycles. The van der Waals surface area contributed by atoms with E-state index >= 15 is 0 Å². The Morgan fingerprint density at radius 3 is 2.81 bits per heavy atom. The maximum Gasteiger partial charge on any atom is 0.268 e. The van der Waals surface area contributed by atoms with Gasteiger partial charge in [-0.05, 0) is 34.1 Å². The van der Waals surface area contributed by atoms with Gasteiger partial charge in [0.1, 0.15) is 15.2 Å². The number of carbonyl (C=O) groups excluding carboxylic acids is 1. The standard InChI is InChI=1S/C13H8BrClN4OS/c14-7-2-1-6(5-8(7)15)19-12(20)11-9(16)10-13(21-11)18-4-3-17-10/h1-5H,16H2,(H,19,20). The van der Waals surface area contributed by atoms with Crippen LogP contribution < -0.4 is 11.1 Å². The number of fused-ring (bicyclic) bond motifs is 1. The molecule has 2 aromatic heterocycles. The van der Waals surface area contributed by atoms with Gasteiger partial charge in [-0.3, -0.25) is 4.79 Å². The molecule has 0 saturated carbocycles. The average molecular weight is 384 g/mol. The Morgan fingerprint density at radius 1 is 1.33 bits per heavy atom. The summed E-state index contributed by atoms with van der Waals surface area (Å²) in [5, 5.41) is 3.27. The zero-order chi connectivity index (χ0) is 15.0. The summed E-state index contributed by atoms with van der Waals surface area (Å²) in [6.07, 6.45) is 3.11. The molecule has 0 fully saturated rings. The van der Waals surface area contributed by atoms with E-state index in [1.54, 1.807) is 30.6 Å². The number of nitrogens with zero attached hydrogens (tertiary/aromatic N) is 2. The maximum absolute atomic E-state index is 12.3. The van der Waals surface area contributed by atoms with Crippen molar-refractivity contribution in [2.75, 3.05) is 11.1 Å². The average Bonchev–Trinajstić information content (AvgIpc) is 2.81. The molecule has 0 unspecified atom stereocenters. The Bertz CT molecular complexity index is 851. The topological polar surface area (TPSA) is 80.9 Å². The Hall–Kier alpha value is -1.70. The summed E-state index contributed by atoms with van der Waals surface area (Å²) in [5.41, 5.74) is 7.43. The summed E-state index contributed by atoms with van der Waals surface area (Å²) >= 11 is 10.5. The molecule has 5 nitrogen and oxygen atoms in total. The summed E-state index contributed by atoms with van der Waals surface area (Å²) in [6.45, 7) is 0. The van der Waals surface area contributed by atoms with Crippen molar-refractivity contribution >= 4 is 66.5 Å². The molecule has 0 radical (unpaired) electrons. The molecule has 0 aliphatic rings. The molecule has 106 valence electrons. The smallest absolute Gasteiger partial charge is 0.268 e. The van der Waals surface area contributed by atoms with E-state index in [2.05, 4.69) is 31.2 Å². The van der Waals surface area contributed by atoms with Crippen LogP contribution in [0, 0.1) is 0 Å². The minimum Gasteiger partial charge on any atom is -0.396 e. The SMILES string of the molecule is Nc1c(C(=O)Nc2ccc(Br)c(Cl)c2)sc2nccnc12. The Kier molecular flexibility index (Phi) is 3.79. The molecular formula is C13H8BrClN4OS. The molecule has 3 rings (SSSR count). The van der Waals surface area contributed by atoms with Crippen molar-refractivity contribution in [3.05, 3.63) is 45.0 Å². The zero-order valence-corrected chi connectivity index (χ0v) is 13.6. The normalized spacial score (nSPS) is 10.8. The van der Waals surface area contributed by atoms with Crippen LogP contribution in [-0.2, 0) is 0 Å². The number of nitrogen functional groups attached to an aromatic ring is 1. The highest BCUT2D eigenvalue weighted by Gasteiger charge is 2.18. The maximum atomic E-state index is 12.3. The van der Waals surface area contributed by atoms with Crippen LogP contribution >= 0.6 is 38.9 Å². The van der Waals surface area contributed by atoms with Gasteiger partial charge in [0.2, 0.25) is 0 Å². The van der Waals surface area contributed by atoms with Crippen LogP contribution in [0.15, 0.2) is 35.1 Å². The molecule has 3 N–H and O–H groups in total. The van der Waals surface area contributed by atoms with Crippen LogP contribution in [0.3, 0.4) is 0 Å². The van der Waals surface area contributed by atoms with Gasteiger partial charge in [0.05, 0.1) is 10.7 Å². The molecular weight excluding hydrogens is 376 g/mol. The Balaban J connectivity index is 1.93. The van der Waals surface area contributed by atoms with Crippen LogP contribution in [0.25, 0.3) is 10.3 Å². The van der Waals surface area contributed by atoms with Crippen LogP contribution in [0.2, 0.25) is 5.02 Å². The second-order valence-corrected chi connectivity index (χ2v) is 6.40. The highest BCUT2D eigenvalue weighted by atomic mass is 79.9. The largest absolute Gasteiger partial charge is 0.396 e. The van der Waals surface area contributed by atoms with E-state index in [4.69, 9.17) is 17.3 Å². The van der Waals surface area contributed by atoms with Gasteiger partial charge in [0.15, 0.2) is 0 Å². The van der Waals surface area contributed by atoms with Crippen molar-refractivity contribution in [1.29, 1.82) is 0 Å². The number of aromatic nitrogens is 2. The van der Waals surface area contributed by atoms with E-state index in [-0.39, 0.29) is 5.91 Å². The number of hydrogen-bond donors (Lipinski definition) is 2. The van der Waals surface area contributed by atoms with E-state index in [1.807, 2.05) is 0 Å². The van der Waals surface area contributed by atoms with Gasteiger partial charge >= 0.3 is 0 Å². The number of hydrogen-bond acceptors (Lipinski definition) is 5. The molecule has 21 heavy (non-hydrogen) atoms. The number of rotatable bonds is 2. The highest BCUT2D eigenvalue weighted by Crippen LogP contribution is 2.31. The molecule has 8 heteroatoms. The first-order chi connectivity index (χ1) is 10.1. The molecule has 3 aromatic rings. The number of benzene rings is 1. The van der Waals surface area contributed by atoms with Gasteiger partial charge in [0, 0.05) is 22.6 Å². The van der Waals surface area contributed by atoms with Crippen molar-refractivity contribution in [1.82, 2.24) is 9.97 Å². The summed E-state index contributed by atoms with van der Waals surface area (Å²) < 4.78 is 0.761. The second kappa shape index (κ2) is 5.59. The van der Waals surface area contributed by atoms with Gasteiger partial charge in [-0.25, -0.2) is 9.97 Å². The van der Waals surface area contributed by atoms with Crippen LogP contribution in [0.1, 0.15) is 9.67 Å². The number of nitrogens with one attached hydrogen (secondary N) is 1. The first kappa shape index (κ1) is 14.2. The van der Waals surface area contributed by atoms with Gasteiger partial charge in [-0.1, -0.05) is 11.6 Å². The van der Waals surface area contributed by atoms with Crippen molar-refractivity contribution in [2.24, 2.45) is 0 Å². The lowest BCUT2D eigenvalue weighted by molar-refractivity contribution is 0.103. The number of amides is 1. The van der Waals surface area contributed by atoms with Crippen molar-refractivity contribution in [3.8, 4) is 0 Å². The van der Waals surface area contributed by atoms with Crippen molar-refractivity contribution in [3.63, 3.8) is 0 Å². The number of halogens is 2. The first-order valence-electron chi connectivity index (χ1n) is 5.81. The fourth-order valence-electron chi connectivity index (χ4n) is 1.77. The predicted molar refractivity (Wildman–Crippen MR) is 88.9 cm³/mol. The van der Waals surface area contributed by atoms with Crippen molar-refractivity contribution < 1.29 is 4.79 Å². The quantitative estimate of drug-likeness (QED) is 0.702. The lowest BCUT2D eigenvalue weighted by Gasteiger charge is -2.05. The van der Waals surface area contributed by atoms with Gasteiger partial charge in [0.25, 0.3) is 5.91 Å². The fourth-order valence-corrected chi connectivity index (χ4v) is 3.12. The Morgan fingerprint density at radius 2 is 2.10 bits per heavy atom. The molecule has 2 heterocycles. The van der Waals surface area contributed by atoms with Gasteiger partial charge in [-0.2, -0.15) is 0 Å². The van der Waals surface area contributed by atoms with Gasteiger partial charge < -0.3 is 11.1 Å².